The van der Waals surface area contributed by atoms with Gasteiger partial charge in [-0.25, -0.2) is 9.82 Å². The van der Waals surface area contributed by atoms with Gasteiger partial charge in [-0.05, 0) is 18.2 Å². The second-order valence-corrected chi connectivity index (χ2v) is 3.77. The summed E-state index contributed by atoms with van der Waals surface area (Å²) >= 11 is 0. The van der Waals surface area contributed by atoms with Crippen molar-refractivity contribution in [2.45, 2.75) is 6.54 Å². The van der Waals surface area contributed by atoms with Gasteiger partial charge in [0.15, 0.2) is 0 Å². The molecule has 0 saturated heterocycles. The first-order valence-corrected chi connectivity index (χ1v) is 5.59. The van der Waals surface area contributed by atoms with Crippen LogP contribution in [0.3, 0.4) is 0 Å². The minimum atomic E-state index is -0.345. The molecule has 0 aromatic heterocycles. The van der Waals surface area contributed by atoms with Gasteiger partial charge in [-0.2, -0.15) is 0 Å². The van der Waals surface area contributed by atoms with Crippen LogP contribution in [0.15, 0.2) is 48.5 Å². The number of anilines is 1. The summed E-state index contributed by atoms with van der Waals surface area (Å²) in [5, 5.41) is 0. The van der Waals surface area contributed by atoms with Crippen LogP contribution in [0.1, 0.15) is 11.1 Å². The van der Waals surface area contributed by atoms with Gasteiger partial charge in [-0.3, -0.25) is 0 Å². The highest BCUT2D eigenvalue weighted by atomic mass is 19.1. The van der Waals surface area contributed by atoms with Crippen LogP contribution >= 0.6 is 0 Å². The van der Waals surface area contributed by atoms with E-state index >= 15 is 0 Å². The molecule has 2 nitrogen and oxygen atoms in total. The summed E-state index contributed by atoms with van der Waals surface area (Å²) < 4.78 is 13.8. The molecule has 3 heteroatoms. The first kappa shape index (κ1) is 12.2. The minimum absolute atomic E-state index is 0.286. The maximum atomic E-state index is 13.8. The van der Waals surface area contributed by atoms with Crippen LogP contribution in [-0.4, -0.2) is 0 Å². The standard InChI is InChI=1S/C15H13FN2/c1-2-12-7-6-8-13(15(12)16)11-17-18-14-9-4-3-5-10-14/h1,3-10,17-18H,11H2. The van der Waals surface area contributed by atoms with Crippen molar-refractivity contribution in [1.82, 2.24) is 5.43 Å². The molecule has 0 unspecified atom stereocenters. The van der Waals surface area contributed by atoms with E-state index in [4.69, 9.17) is 6.42 Å². The summed E-state index contributed by atoms with van der Waals surface area (Å²) in [4.78, 5) is 0. The van der Waals surface area contributed by atoms with Crippen molar-refractivity contribution in [3.63, 3.8) is 0 Å². The number of hydrazine groups is 1. The highest BCUT2D eigenvalue weighted by Crippen LogP contribution is 2.12. The van der Waals surface area contributed by atoms with Crippen LogP contribution in [0, 0.1) is 18.2 Å². The molecule has 0 amide bonds. The van der Waals surface area contributed by atoms with Crippen LogP contribution in [0.25, 0.3) is 0 Å². The molecule has 18 heavy (non-hydrogen) atoms. The van der Waals surface area contributed by atoms with Crippen molar-refractivity contribution in [2.24, 2.45) is 0 Å². The molecule has 0 aliphatic carbocycles. The smallest absolute Gasteiger partial charge is 0.143 e. The van der Waals surface area contributed by atoms with E-state index in [0.29, 0.717) is 12.1 Å². The van der Waals surface area contributed by atoms with Crippen molar-refractivity contribution in [3.8, 4) is 12.3 Å². The second kappa shape index (κ2) is 5.85. The lowest BCUT2D eigenvalue weighted by atomic mass is 10.1. The third-order valence-electron chi connectivity index (χ3n) is 2.52. The highest BCUT2D eigenvalue weighted by Gasteiger charge is 2.05. The Balaban J connectivity index is 1.97. The quantitative estimate of drug-likeness (QED) is 0.634. The zero-order valence-corrected chi connectivity index (χ0v) is 9.78. The molecule has 0 aliphatic rings. The van der Waals surface area contributed by atoms with E-state index in [0.717, 1.165) is 5.69 Å². The topological polar surface area (TPSA) is 24.1 Å². The van der Waals surface area contributed by atoms with Crippen molar-refractivity contribution in [3.05, 3.63) is 65.5 Å². The summed E-state index contributed by atoms with van der Waals surface area (Å²) in [6, 6.07) is 14.6. The van der Waals surface area contributed by atoms with Crippen LogP contribution in [0.4, 0.5) is 10.1 Å². The summed E-state index contributed by atoms with van der Waals surface area (Å²) in [7, 11) is 0. The Morgan fingerprint density at radius 1 is 1.06 bits per heavy atom. The van der Waals surface area contributed by atoms with Gasteiger partial charge in [0.2, 0.25) is 0 Å². The number of para-hydroxylation sites is 1. The Bertz CT molecular complexity index is 558. The number of halogens is 1. The third kappa shape index (κ3) is 2.88. The van der Waals surface area contributed by atoms with Crippen LogP contribution in [-0.2, 0) is 6.54 Å². The summed E-state index contributed by atoms with van der Waals surface area (Å²) in [5.74, 6) is 1.98. The fourth-order valence-electron chi connectivity index (χ4n) is 1.59. The molecular weight excluding hydrogens is 227 g/mol. The molecule has 0 radical (unpaired) electrons. The minimum Gasteiger partial charge on any atom is -0.321 e. The van der Waals surface area contributed by atoms with Gasteiger partial charge in [0.1, 0.15) is 5.82 Å². The van der Waals surface area contributed by atoms with Crippen LogP contribution < -0.4 is 10.9 Å². The number of hydrogen-bond acceptors (Lipinski definition) is 2. The van der Waals surface area contributed by atoms with Gasteiger partial charge in [0, 0.05) is 17.8 Å². The Kier molecular flexibility index (Phi) is 3.95. The van der Waals surface area contributed by atoms with Crippen molar-refractivity contribution < 1.29 is 4.39 Å². The fourth-order valence-corrected chi connectivity index (χ4v) is 1.59. The largest absolute Gasteiger partial charge is 0.321 e. The van der Waals surface area contributed by atoms with Crippen molar-refractivity contribution >= 4 is 5.69 Å². The molecule has 0 saturated carbocycles. The van der Waals surface area contributed by atoms with E-state index in [2.05, 4.69) is 16.8 Å². The van der Waals surface area contributed by atoms with Crippen LogP contribution in [0.5, 0.6) is 0 Å². The number of nitrogens with one attached hydrogen (secondary N) is 2. The molecule has 0 bridgehead atoms. The molecular formula is C15H13FN2. The zero-order chi connectivity index (χ0) is 12.8. The van der Waals surface area contributed by atoms with Gasteiger partial charge < -0.3 is 5.43 Å². The average Bonchev–Trinajstić information content (AvgIpc) is 2.42. The van der Waals surface area contributed by atoms with E-state index in [9.17, 15) is 4.39 Å². The van der Waals surface area contributed by atoms with Gasteiger partial charge >= 0.3 is 0 Å². The molecule has 0 fully saturated rings. The normalized spacial score (nSPS) is 9.78. The van der Waals surface area contributed by atoms with E-state index in [1.54, 1.807) is 18.2 Å². The first-order chi connectivity index (χ1) is 8.81. The van der Waals surface area contributed by atoms with E-state index < -0.39 is 0 Å². The number of benzene rings is 2. The lowest BCUT2D eigenvalue weighted by molar-refractivity contribution is 0.597. The fraction of sp³-hybridized carbons (Fsp3) is 0.0667. The second-order valence-electron chi connectivity index (χ2n) is 3.77. The first-order valence-electron chi connectivity index (χ1n) is 5.59. The number of hydrogen-bond donors (Lipinski definition) is 2. The highest BCUT2D eigenvalue weighted by molar-refractivity contribution is 5.41. The van der Waals surface area contributed by atoms with Gasteiger partial charge in [-0.1, -0.05) is 36.3 Å². The molecule has 0 atom stereocenters. The third-order valence-corrected chi connectivity index (χ3v) is 2.52. The summed E-state index contributed by atoms with van der Waals surface area (Å²) in [6.07, 6.45) is 5.21. The molecule has 90 valence electrons. The predicted molar refractivity (Wildman–Crippen MR) is 71.2 cm³/mol. The maximum absolute atomic E-state index is 13.8. The van der Waals surface area contributed by atoms with Crippen molar-refractivity contribution in [2.75, 3.05) is 5.43 Å². The van der Waals surface area contributed by atoms with E-state index in [1.807, 2.05) is 30.3 Å². The molecule has 2 rings (SSSR count). The predicted octanol–water partition coefficient (Wildman–Crippen LogP) is 2.92. The van der Waals surface area contributed by atoms with E-state index in [-0.39, 0.29) is 11.4 Å². The molecule has 2 N–H and O–H groups in total. The molecule has 0 heterocycles. The monoisotopic (exact) mass is 240 g/mol. The SMILES string of the molecule is C#Cc1cccc(CNNc2ccccc2)c1F. The van der Waals surface area contributed by atoms with Gasteiger partial charge in [0.25, 0.3) is 0 Å². The number of rotatable bonds is 4. The zero-order valence-electron chi connectivity index (χ0n) is 9.78. The molecule has 2 aromatic carbocycles. The Morgan fingerprint density at radius 3 is 2.56 bits per heavy atom. The molecule has 0 spiro atoms. The van der Waals surface area contributed by atoms with Gasteiger partial charge in [-0.15, -0.1) is 6.42 Å². The number of terminal acetylenes is 1. The van der Waals surface area contributed by atoms with Crippen LogP contribution in [0.2, 0.25) is 0 Å². The Labute approximate surface area is 106 Å². The van der Waals surface area contributed by atoms with Gasteiger partial charge in [0.05, 0.1) is 5.56 Å². The van der Waals surface area contributed by atoms with E-state index in [1.165, 1.54) is 0 Å². The Hall–Kier alpha value is -2.31. The molecule has 2 aromatic rings. The molecule has 0 aliphatic heterocycles. The summed E-state index contributed by atoms with van der Waals surface area (Å²) in [5.41, 5.74) is 7.69. The average molecular weight is 240 g/mol. The summed E-state index contributed by atoms with van der Waals surface area (Å²) in [6.45, 7) is 0.357. The Morgan fingerprint density at radius 2 is 1.83 bits per heavy atom. The lowest BCUT2D eigenvalue weighted by Crippen LogP contribution is -2.21. The lowest BCUT2D eigenvalue weighted by Gasteiger charge is -2.09. The van der Waals surface area contributed by atoms with Crippen molar-refractivity contribution in [1.29, 1.82) is 0 Å². The maximum Gasteiger partial charge on any atom is 0.143 e.